The van der Waals surface area contributed by atoms with Crippen molar-refractivity contribution in [3.8, 4) is 0 Å². The highest BCUT2D eigenvalue weighted by Gasteiger charge is 2.25. The van der Waals surface area contributed by atoms with E-state index in [-0.39, 0.29) is 17.1 Å². The van der Waals surface area contributed by atoms with Gasteiger partial charge in [0.25, 0.3) is 11.1 Å². The molecule has 5 heteroatoms. The Morgan fingerprint density at radius 3 is 2.64 bits per heavy atom. The molecule has 2 aromatic carbocycles. The summed E-state index contributed by atoms with van der Waals surface area (Å²) in [6.45, 7) is 2.14. The van der Waals surface area contributed by atoms with Gasteiger partial charge in [-0.1, -0.05) is 43.3 Å². The molecule has 4 nitrogen and oxygen atoms in total. The standard InChI is InChI=1S/C20H15NO3S/c1-12(14-5-3-2-4-6-14)16-11-24-17-8-7-13(9-15(16)17)10-18-19(22)21-20(23)25-18/h2-12H,1H3,(H,21,22,23)/b18-10-. The molecule has 1 aliphatic rings. The Kier molecular flexibility index (Phi) is 3.93. The summed E-state index contributed by atoms with van der Waals surface area (Å²) in [5, 5.41) is 2.95. The second kappa shape index (κ2) is 6.26. The van der Waals surface area contributed by atoms with Crippen LogP contribution in [0.1, 0.15) is 29.5 Å². The number of carbonyl (C=O) groups excluding carboxylic acids is 2. The SMILES string of the molecule is CC(c1ccccc1)c1coc2ccc(/C=C3\SC(=O)NC3=O)cc12. The van der Waals surface area contributed by atoms with Crippen LogP contribution in [-0.4, -0.2) is 11.1 Å². The molecule has 2 heterocycles. The zero-order valence-electron chi connectivity index (χ0n) is 13.5. The lowest BCUT2D eigenvalue weighted by molar-refractivity contribution is -0.115. The monoisotopic (exact) mass is 349 g/mol. The minimum Gasteiger partial charge on any atom is -0.464 e. The van der Waals surface area contributed by atoms with Gasteiger partial charge in [0, 0.05) is 16.9 Å². The molecule has 1 saturated heterocycles. The minimum absolute atomic E-state index is 0.191. The van der Waals surface area contributed by atoms with Gasteiger partial charge in [-0.3, -0.25) is 14.9 Å². The number of furan rings is 1. The maximum absolute atomic E-state index is 11.7. The number of carbonyl (C=O) groups is 2. The van der Waals surface area contributed by atoms with Gasteiger partial charge in [0.2, 0.25) is 0 Å². The van der Waals surface area contributed by atoms with Gasteiger partial charge in [-0.05, 0) is 41.1 Å². The first-order valence-corrected chi connectivity index (χ1v) is 8.74. The highest BCUT2D eigenvalue weighted by atomic mass is 32.2. The average molecular weight is 349 g/mol. The Hall–Kier alpha value is -2.79. The lowest BCUT2D eigenvalue weighted by Gasteiger charge is -2.10. The lowest BCUT2D eigenvalue weighted by Crippen LogP contribution is -2.17. The maximum atomic E-state index is 11.7. The van der Waals surface area contributed by atoms with E-state index < -0.39 is 0 Å². The number of amides is 2. The summed E-state index contributed by atoms with van der Waals surface area (Å²) < 4.78 is 5.70. The van der Waals surface area contributed by atoms with Crippen LogP contribution in [0, 0.1) is 0 Å². The van der Waals surface area contributed by atoms with Crippen LogP contribution >= 0.6 is 11.8 Å². The average Bonchev–Trinajstić information content (AvgIpc) is 3.17. The molecular formula is C20H15NO3S. The summed E-state index contributed by atoms with van der Waals surface area (Å²) in [5.41, 5.74) is 3.98. The summed E-state index contributed by atoms with van der Waals surface area (Å²) in [7, 11) is 0. The molecule has 3 aromatic rings. The fourth-order valence-corrected chi connectivity index (χ4v) is 3.67. The van der Waals surface area contributed by atoms with Crippen molar-refractivity contribution in [3.63, 3.8) is 0 Å². The summed E-state index contributed by atoms with van der Waals surface area (Å²) >= 11 is 0.921. The smallest absolute Gasteiger partial charge is 0.290 e. The predicted molar refractivity (Wildman–Crippen MR) is 99.3 cm³/mol. The van der Waals surface area contributed by atoms with Crippen molar-refractivity contribution in [2.75, 3.05) is 0 Å². The van der Waals surface area contributed by atoms with E-state index in [0.717, 1.165) is 33.9 Å². The largest absolute Gasteiger partial charge is 0.464 e. The highest BCUT2D eigenvalue weighted by molar-refractivity contribution is 8.18. The van der Waals surface area contributed by atoms with Gasteiger partial charge >= 0.3 is 0 Å². The molecule has 1 aromatic heterocycles. The van der Waals surface area contributed by atoms with Crippen molar-refractivity contribution in [2.24, 2.45) is 0 Å². The molecule has 0 saturated carbocycles. The van der Waals surface area contributed by atoms with Gasteiger partial charge < -0.3 is 4.42 Å². The fourth-order valence-electron chi connectivity index (χ4n) is 2.99. The van der Waals surface area contributed by atoms with E-state index in [1.165, 1.54) is 5.56 Å². The molecule has 2 amide bonds. The normalized spacial score (nSPS) is 17.2. The number of hydrogen-bond acceptors (Lipinski definition) is 4. The van der Waals surface area contributed by atoms with Crippen LogP contribution in [0.5, 0.6) is 0 Å². The Morgan fingerprint density at radius 1 is 1.12 bits per heavy atom. The Morgan fingerprint density at radius 2 is 1.92 bits per heavy atom. The van der Waals surface area contributed by atoms with Gasteiger partial charge in [0.15, 0.2) is 0 Å². The number of fused-ring (bicyclic) bond motifs is 1. The maximum Gasteiger partial charge on any atom is 0.290 e. The first kappa shape index (κ1) is 15.7. The Balaban J connectivity index is 1.74. The molecule has 25 heavy (non-hydrogen) atoms. The van der Waals surface area contributed by atoms with Crippen molar-refractivity contribution in [3.05, 3.63) is 76.4 Å². The molecule has 0 spiro atoms. The van der Waals surface area contributed by atoms with Crippen LogP contribution in [0.2, 0.25) is 0 Å². The molecule has 0 aliphatic carbocycles. The van der Waals surface area contributed by atoms with E-state index >= 15 is 0 Å². The van der Waals surface area contributed by atoms with Gasteiger partial charge in [-0.25, -0.2) is 0 Å². The number of imide groups is 1. The summed E-state index contributed by atoms with van der Waals surface area (Å²) in [5.74, 6) is -0.156. The zero-order valence-corrected chi connectivity index (χ0v) is 14.3. The summed E-state index contributed by atoms with van der Waals surface area (Å²) in [6.07, 6.45) is 3.52. The number of benzene rings is 2. The topological polar surface area (TPSA) is 59.3 Å². The van der Waals surface area contributed by atoms with Crippen molar-refractivity contribution in [1.29, 1.82) is 0 Å². The third kappa shape index (κ3) is 2.98. The fraction of sp³-hybridized carbons (Fsp3) is 0.100. The van der Waals surface area contributed by atoms with Gasteiger partial charge in [-0.15, -0.1) is 0 Å². The quantitative estimate of drug-likeness (QED) is 0.683. The van der Waals surface area contributed by atoms with Crippen LogP contribution in [0.4, 0.5) is 4.79 Å². The lowest BCUT2D eigenvalue weighted by atomic mass is 9.92. The van der Waals surface area contributed by atoms with Crippen LogP contribution in [-0.2, 0) is 4.79 Å². The second-order valence-electron chi connectivity index (χ2n) is 5.93. The molecule has 1 atom stereocenters. The van der Waals surface area contributed by atoms with E-state index in [4.69, 9.17) is 4.42 Å². The third-order valence-corrected chi connectivity index (χ3v) is 5.14. The summed E-state index contributed by atoms with van der Waals surface area (Å²) in [6, 6.07) is 16.0. The Bertz CT molecular complexity index is 1000. The van der Waals surface area contributed by atoms with Crippen molar-refractivity contribution >= 4 is 40.0 Å². The molecule has 1 fully saturated rings. The summed E-state index contributed by atoms with van der Waals surface area (Å²) in [4.78, 5) is 23.4. The molecule has 0 radical (unpaired) electrons. The van der Waals surface area contributed by atoms with Crippen LogP contribution in [0.25, 0.3) is 17.0 Å². The molecule has 4 rings (SSSR count). The first-order valence-electron chi connectivity index (χ1n) is 7.93. The van der Waals surface area contributed by atoms with E-state index in [2.05, 4.69) is 24.4 Å². The molecule has 1 unspecified atom stereocenters. The van der Waals surface area contributed by atoms with Crippen molar-refractivity contribution < 1.29 is 14.0 Å². The molecule has 124 valence electrons. The minimum atomic E-state index is -0.347. The number of hydrogen-bond donors (Lipinski definition) is 1. The molecule has 1 N–H and O–H groups in total. The van der Waals surface area contributed by atoms with E-state index in [0.29, 0.717) is 4.91 Å². The van der Waals surface area contributed by atoms with Crippen LogP contribution in [0.3, 0.4) is 0 Å². The van der Waals surface area contributed by atoms with Gasteiger partial charge in [0.05, 0.1) is 11.2 Å². The van der Waals surface area contributed by atoms with E-state index in [1.54, 1.807) is 12.3 Å². The van der Waals surface area contributed by atoms with Gasteiger partial charge in [-0.2, -0.15) is 0 Å². The number of thioether (sulfide) groups is 1. The highest BCUT2D eigenvalue weighted by Crippen LogP contribution is 2.33. The predicted octanol–water partition coefficient (Wildman–Crippen LogP) is 4.91. The zero-order chi connectivity index (χ0) is 17.4. The van der Waals surface area contributed by atoms with Crippen molar-refractivity contribution in [2.45, 2.75) is 12.8 Å². The number of rotatable bonds is 3. The molecule has 0 bridgehead atoms. The van der Waals surface area contributed by atoms with Gasteiger partial charge in [0.1, 0.15) is 5.58 Å². The molecule has 1 aliphatic heterocycles. The van der Waals surface area contributed by atoms with E-state index in [9.17, 15) is 9.59 Å². The first-order chi connectivity index (χ1) is 12.1. The third-order valence-electron chi connectivity index (χ3n) is 4.33. The Labute approximate surface area is 148 Å². The van der Waals surface area contributed by atoms with Crippen LogP contribution < -0.4 is 5.32 Å². The molecular weight excluding hydrogens is 334 g/mol. The van der Waals surface area contributed by atoms with Crippen LogP contribution in [0.15, 0.2) is 64.1 Å². The second-order valence-corrected chi connectivity index (χ2v) is 6.95. The van der Waals surface area contributed by atoms with E-state index in [1.807, 2.05) is 36.4 Å². The van der Waals surface area contributed by atoms with Crippen molar-refractivity contribution in [1.82, 2.24) is 5.32 Å². The number of nitrogens with one attached hydrogen (secondary N) is 1.